The van der Waals surface area contributed by atoms with Crippen molar-refractivity contribution in [1.29, 1.82) is 0 Å². The molecule has 1 rings (SSSR count). The van der Waals surface area contributed by atoms with Crippen molar-refractivity contribution in [3.05, 3.63) is 0 Å². The summed E-state index contributed by atoms with van der Waals surface area (Å²) < 4.78 is 19.2. The number of hydrogen-bond acceptors (Lipinski definition) is 9. The molecule has 19 heavy (non-hydrogen) atoms. The first-order chi connectivity index (χ1) is 8.31. The summed E-state index contributed by atoms with van der Waals surface area (Å²) >= 11 is 0. The van der Waals surface area contributed by atoms with Gasteiger partial charge in [0, 0.05) is 6.42 Å². The summed E-state index contributed by atoms with van der Waals surface area (Å²) in [5, 5.41) is 47.3. The normalized spacial score (nSPS) is 39.6. The van der Waals surface area contributed by atoms with Gasteiger partial charge in [-0.05, 0) is 4.57 Å². The fourth-order valence-electron chi connectivity index (χ4n) is 1.69. The molecule has 1 aliphatic rings. The third kappa shape index (κ3) is 4.92. The van der Waals surface area contributed by atoms with Crippen molar-refractivity contribution in [2.75, 3.05) is 13.2 Å². The molecule has 0 amide bonds. The van der Waals surface area contributed by atoms with E-state index in [1.165, 1.54) is 0 Å². The average Bonchev–Trinajstić information content (AvgIpc) is 2.31. The van der Waals surface area contributed by atoms with Gasteiger partial charge in [-0.25, -0.2) is 0 Å². The standard InChI is InChI=1S/C8H15O9P.Na/c9-3-4-5(10)6(11)7(12)8(13,17-4)1-2-16-18(14)15;/h4-7,9-13H,1-3H2;/q;+1/t4-,5-,6+,7-,8-;/m1./s1. The molecule has 5 N–H and O–H groups in total. The molecule has 1 saturated heterocycles. The van der Waals surface area contributed by atoms with Gasteiger partial charge in [0.1, 0.15) is 31.0 Å². The van der Waals surface area contributed by atoms with E-state index < -0.39 is 58.1 Å². The summed E-state index contributed by atoms with van der Waals surface area (Å²) in [5.41, 5.74) is 0. The van der Waals surface area contributed by atoms with Gasteiger partial charge in [0.2, 0.25) is 0 Å². The van der Waals surface area contributed by atoms with E-state index in [4.69, 9.17) is 9.84 Å². The fraction of sp³-hybridized carbons (Fsp3) is 1.00. The van der Waals surface area contributed by atoms with Crippen LogP contribution in [-0.4, -0.2) is 68.9 Å². The van der Waals surface area contributed by atoms with Gasteiger partial charge in [-0.15, -0.1) is 4.52 Å². The monoisotopic (exact) mass is 309 g/mol. The first-order valence-corrected chi connectivity index (χ1v) is 6.24. The molecule has 1 heterocycles. The van der Waals surface area contributed by atoms with E-state index >= 15 is 0 Å². The molecule has 0 aromatic rings. The van der Waals surface area contributed by atoms with Crippen molar-refractivity contribution >= 4 is 8.25 Å². The molecule has 1 unspecified atom stereocenters. The van der Waals surface area contributed by atoms with Crippen LogP contribution in [0, 0.1) is 0 Å². The summed E-state index contributed by atoms with van der Waals surface area (Å²) in [7, 11) is -3.11. The minimum atomic E-state index is -3.11. The molecule has 0 spiro atoms. The van der Waals surface area contributed by atoms with Crippen LogP contribution < -0.4 is 34.5 Å². The SMILES string of the molecule is O=[P+]([O-])OCC[C@@]1(O)O[C@H](CO)[C@@H](O)[C@H](O)[C@H]1O.[Na+]. The van der Waals surface area contributed by atoms with E-state index in [-0.39, 0.29) is 29.6 Å². The Kier molecular flexibility index (Phi) is 8.62. The van der Waals surface area contributed by atoms with Crippen molar-refractivity contribution in [1.82, 2.24) is 0 Å². The summed E-state index contributed by atoms with van der Waals surface area (Å²) in [6.45, 7) is -1.17. The number of rotatable bonds is 5. The van der Waals surface area contributed by atoms with Crippen molar-refractivity contribution < 1.29 is 73.8 Å². The molecule has 6 atom stereocenters. The second-order valence-corrected chi connectivity index (χ2v) is 4.62. The molecule has 1 aliphatic heterocycles. The van der Waals surface area contributed by atoms with Crippen LogP contribution in [0.5, 0.6) is 0 Å². The second-order valence-electron chi connectivity index (χ2n) is 3.92. The predicted molar refractivity (Wildman–Crippen MR) is 53.1 cm³/mol. The van der Waals surface area contributed by atoms with E-state index in [2.05, 4.69) is 4.52 Å². The van der Waals surface area contributed by atoms with Crippen LogP contribution in [0.25, 0.3) is 0 Å². The summed E-state index contributed by atoms with van der Waals surface area (Å²) in [5.74, 6) is -2.31. The summed E-state index contributed by atoms with van der Waals surface area (Å²) in [4.78, 5) is 10.2. The van der Waals surface area contributed by atoms with E-state index in [1.54, 1.807) is 0 Å². The number of aliphatic hydroxyl groups is 5. The fourth-order valence-corrected chi connectivity index (χ4v) is 1.93. The zero-order valence-corrected chi connectivity index (χ0v) is 13.1. The van der Waals surface area contributed by atoms with Crippen LogP contribution in [0.3, 0.4) is 0 Å². The van der Waals surface area contributed by atoms with E-state index in [0.29, 0.717) is 0 Å². The van der Waals surface area contributed by atoms with Gasteiger partial charge in [-0.2, -0.15) is 0 Å². The maximum absolute atomic E-state index is 10.2. The maximum Gasteiger partial charge on any atom is 1.00 e. The minimum absolute atomic E-state index is 0. The number of ether oxygens (including phenoxy) is 1. The molecule has 0 bridgehead atoms. The molecular weight excluding hydrogens is 294 g/mol. The van der Waals surface area contributed by atoms with Gasteiger partial charge < -0.3 is 35.2 Å². The molecular formula is C8H15NaO9P+. The average molecular weight is 309 g/mol. The molecule has 11 heteroatoms. The number of hydrogen-bond donors (Lipinski definition) is 5. The van der Waals surface area contributed by atoms with Crippen molar-refractivity contribution in [3.63, 3.8) is 0 Å². The largest absolute Gasteiger partial charge is 1.00 e. The molecule has 9 nitrogen and oxygen atoms in total. The Bertz CT molecular complexity index is 304. The Labute approximate surface area is 132 Å². The molecule has 0 aromatic heterocycles. The topological polar surface area (TPSA) is 160 Å². The van der Waals surface area contributed by atoms with Gasteiger partial charge in [0.15, 0.2) is 5.79 Å². The van der Waals surface area contributed by atoms with Crippen LogP contribution in [-0.2, 0) is 13.8 Å². The first-order valence-electron chi connectivity index (χ1n) is 5.14. The van der Waals surface area contributed by atoms with E-state index in [9.17, 15) is 29.9 Å². The van der Waals surface area contributed by atoms with Gasteiger partial charge in [-0.3, -0.25) is 0 Å². The Hall–Kier alpha value is 0.780. The molecule has 0 radical (unpaired) electrons. The van der Waals surface area contributed by atoms with Gasteiger partial charge in [0.05, 0.1) is 6.61 Å². The first kappa shape index (κ1) is 19.8. The number of aliphatic hydroxyl groups excluding tert-OH is 4. The van der Waals surface area contributed by atoms with Crippen LogP contribution in [0.1, 0.15) is 6.42 Å². The maximum atomic E-state index is 10.2. The molecule has 0 aromatic carbocycles. The minimum Gasteiger partial charge on any atom is -0.566 e. The van der Waals surface area contributed by atoms with Crippen molar-refractivity contribution in [2.45, 2.75) is 36.6 Å². The zero-order valence-electron chi connectivity index (χ0n) is 10.2. The van der Waals surface area contributed by atoms with Crippen LogP contribution >= 0.6 is 8.25 Å². The molecule has 0 saturated carbocycles. The Morgan fingerprint density at radius 3 is 2.37 bits per heavy atom. The summed E-state index contributed by atoms with van der Waals surface area (Å²) in [6, 6.07) is 0. The second kappa shape index (κ2) is 8.28. The van der Waals surface area contributed by atoms with Crippen molar-refractivity contribution in [2.24, 2.45) is 0 Å². The third-order valence-corrected chi connectivity index (χ3v) is 3.10. The van der Waals surface area contributed by atoms with Crippen LogP contribution in [0.15, 0.2) is 0 Å². The Balaban J connectivity index is 0.00000324. The predicted octanol–water partition coefficient (Wildman–Crippen LogP) is -6.42. The molecule has 0 aliphatic carbocycles. The molecule has 106 valence electrons. The Morgan fingerprint density at radius 1 is 1.32 bits per heavy atom. The van der Waals surface area contributed by atoms with Gasteiger partial charge in [0.25, 0.3) is 0 Å². The van der Waals surface area contributed by atoms with Gasteiger partial charge in [-0.1, -0.05) is 0 Å². The quantitative estimate of drug-likeness (QED) is 0.246. The third-order valence-electron chi connectivity index (χ3n) is 2.71. The van der Waals surface area contributed by atoms with Crippen molar-refractivity contribution in [3.8, 4) is 0 Å². The summed E-state index contributed by atoms with van der Waals surface area (Å²) in [6.07, 6.45) is -6.92. The van der Waals surface area contributed by atoms with Crippen LogP contribution in [0.2, 0.25) is 0 Å². The zero-order chi connectivity index (χ0) is 13.9. The van der Waals surface area contributed by atoms with Gasteiger partial charge >= 0.3 is 37.8 Å². The van der Waals surface area contributed by atoms with Crippen LogP contribution in [0.4, 0.5) is 0 Å². The smallest absolute Gasteiger partial charge is 0.566 e. The van der Waals surface area contributed by atoms with E-state index in [0.717, 1.165) is 0 Å². The molecule has 1 fully saturated rings. The Morgan fingerprint density at radius 2 is 1.89 bits per heavy atom. The van der Waals surface area contributed by atoms with E-state index in [1.807, 2.05) is 0 Å².